The molecule has 0 bridgehead atoms. The minimum Gasteiger partial charge on any atom is -0.466 e. The lowest BCUT2D eigenvalue weighted by Crippen LogP contribution is -2.31. The molecule has 6 nitrogen and oxygen atoms in total. The summed E-state index contributed by atoms with van der Waals surface area (Å²) >= 11 is 0. The van der Waals surface area contributed by atoms with Crippen LogP contribution in [0.3, 0.4) is 0 Å². The van der Waals surface area contributed by atoms with Crippen molar-refractivity contribution < 1.29 is 22.7 Å². The van der Waals surface area contributed by atoms with E-state index in [0.717, 1.165) is 32.1 Å². The van der Waals surface area contributed by atoms with Crippen LogP contribution in [0, 0.1) is 0 Å². The van der Waals surface area contributed by atoms with Crippen LogP contribution in [0.2, 0.25) is 0 Å². The topological polar surface area (TPSA) is 99.5 Å². The molecule has 2 aliphatic rings. The molecular formula is C16H27NO5S. The highest BCUT2D eigenvalue weighted by Crippen LogP contribution is 2.39. The van der Waals surface area contributed by atoms with Crippen molar-refractivity contribution in [2.24, 2.45) is 0 Å². The third kappa shape index (κ3) is 5.01. The zero-order valence-corrected chi connectivity index (χ0v) is 14.6. The second-order valence-corrected chi connectivity index (χ2v) is 8.95. The average molecular weight is 345 g/mol. The number of fused-ring (bicyclic) bond motifs is 1. The highest BCUT2D eigenvalue weighted by molar-refractivity contribution is 7.92. The first kappa shape index (κ1) is 18.4. The fraction of sp³-hybridized carbons (Fsp3) is 0.875. The second-order valence-electron chi connectivity index (χ2n) is 6.67. The molecule has 2 atom stereocenters. The molecule has 132 valence electrons. The first-order valence-corrected chi connectivity index (χ1v) is 10.4. The summed E-state index contributed by atoms with van der Waals surface area (Å²) in [7, 11) is -3.24. The number of ether oxygens (including phenoxy) is 1. The highest BCUT2D eigenvalue weighted by Gasteiger charge is 2.60. The molecule has 2 fully saturated rings. The normalized spacial score (nSPS) is 32.0. The van der Waals surface area contributed by atoms with E-state index >= 15 is 0 Å². The second kappa shape index (κ2) is 7.75. The van der Waals surface area contributed by atoms with Crippen molar-refractivity contribution in [3.63, 3.8) is 0 Å². The first-order valence-electron chi connectivity index (χ1n) is 8.50. The number of nitrogens with one attached hydrogen (secondary N) is 1. The van der Waals surface area contributed by atoms with Crippen molar-refractivity contribution in [1.82, 2.24) is 5.32 Å². The molecule has 2 heterocycles. The quantitative estimate of drug-likeness (QED) is 0.574. The lowest BCUT2D eigenvalue weighted by atomic mass is 10.0. The van der Waals surface area contributed by atoms with Crippen LogP contribution >= 0.6 is 0 Å². The van der Waals surface area contributed by atoms with E-state index in [1.807, 2.05) is 0 Å². The van der Waals surface area contributed by atoms with E-state index in [2.05, 4.69) is 5.32 Å². The van der Waals surface area contributed by atoms with E-state index in [0.29, 0.717) is 25.7 Å². The monoisotopic (exact) mass is 345 g/mol. The van der Waals surface area contributed by atoms with E-state index in [4.69, 9.17) is 4.74 Å². The van der Waals surface area contributed by atoms with Gasteiger partial charge in [0.1, 0.15) is 10.7 Å². The molecule has 23 heavy (non-hydrogen) atoms. The van der Waals surface area contributed by atoms with Gasteiger partial charge in [-0.05, 0) is 19.3 Å². The predicted octanol–water partition coefficient (Wildman–Crippen LogP) is 1.73. The van der Waals surface area contributed by atoms with Gasteiger partial charge in [0.2, 0.25) is 0 Å². The summed E-state index contributed by atoms with van der Waals surface area (Å²) in [5, 5.41) is 3.10. The number of sulfone groups is 1. The lowest BCUT2D eigenvalue weighted by molar-refractivity contribution is -0.143. The molecule has 0 radical (unpaired) electrons. The van der Waals surface area contributed by atoms with Gasteiger partial charge in [-0.1, -0.05) is 19.3 Å². The Hall–Kier alpha value is -0.950. The van der Waals surface area contributed by atoms with Gasteiger partial charge >= 0.3 is 5.97 Å². The van der Waals surface area contributed by atoms with Gasteiger partial charge < -0.3 is 4.74 Å². The van der Waals surface area contributed by atoms with Gasteiger partial charge in [0.05, 0.1) is 6.61 Å². The third-order valence-corrected chi connectivity index (χ3v) is 6.76. The number of cyclic esters (lactones) is 1. The smallest absolute Gasteiger partial charge is 0.305 e. The average Bonchev–Trinajstić information content (AvgIpc) is 3.16. The standard InChI is InChI=1S/C16H27NO5S/c1-23(20,21)16-11-12-22-15(19)10-6-8-13(18)7-4-2-3-5-9-14(16)17-16/h14,17H,2-12H2,1H3. The van der Waals surface area contributed by atoms with Gasteiger partial charge in [0.25, 0.3) is 0 Å². The molecule has 7 heteroatoms. The first-order chi connectivity index (χ1) is 10.8. The van der Waals surface area contributed by atoms with Crippen molar-refractivity contribution in [3.05, 3.63) is 0 Å². The van der Waals surface area contributed by atoms with Crippen molar-refractivity contribution in [2.75, 3.05) is 12.9 Å². The van der Waals surface area contributed by atoms with Gasteiger partial charge in [0, 0.05) is 38.0 Å². The number of carbonyl (C=O) groups excluding carboxylic acids is 2. The molecule has 0 aromatic rings. The summed E-state index contributed by atoms with van der Waals surface area (Å²) in [4.78, 5) is 22.4. The maximum Gasteiger partial charge on any atom is 0.305 e. The Morgan fingerprint density at radius 3 is 2.48 bits per heavy atom. The Morgan fingerprint density at radius 2 is 1.74 bits per heavy atom. The number of rotatable bonds is 1. The highest BCUT2D eigenvalue weighted by atomic mass is 32.2. The number of carbonyl (C=O) groups is 2. The summed E-state index contributed by atoms with van der Waals surface area (Å²) in [6.45, 7) is 0.101. The van der Waals surface area contributed by atoms with Crippen molar-refractivity contribution in [3.8, 4) is 0 Å². The third-order valence-electron chi connectivity index (χ3n) is 4.83. The van der Waals surface area contributed by atoms with Crippen LogP contribution < -0.4 is 5.32 Å². The molecule has 0 amide bonds. The van der Waals surface area contributed by atoms with E-state index in [1.54, 1.807) is 0 Å². The maximum absolute atomic E-state index is 12.1. The molecule has 0 aromatic carbocycles. The van der Waals surface area contributed by atoms with Crippen LogP contribution in [0.15, 0.2) is 0 Å². The van der Waals surface area contributed by atoms with Gasteiger partial charge in [-0.3, -0.25) is 14.9 Å². The summed E-state index contributed by atoms with van der Waals surface area (Å²) < 4.78 is 29.3. The van der Waals surface area contributed by atoms with Gasteiger partial charge in [0.15, 0.2) is 9.84 Å². The molecule has 1 N–H and O–H groups in total. The number of Topliss-reactive ketones (excluding diaryl/α,β-unsaturated/α-hetero) is 1. The predicted molar refractivity (Wildman–Crippen MR) is 86.6 cm³/mol. The summed E-state index contributed by atoms with van der Waals surface area (Å²) in [6.07, 6.45) is 7.89. The van der Waals surface area contributed by atoms with Crippen molar-refractivity contribution in [2.45, 2.75) is 75.1 Å². The van der Waals surface area contributed by atoms with Crippen molar-refractivity contribution in [1.29, 1.82) is 0 Å². The maximum atomic E-state index is 12.1. The molecule has 2 aliphatic heterocycles. The van der Waals surface area contributed by atoms with Gasteiger partial charge in [-0.15, -0.1) is 0 Å². The van der Waals surface area contributed by atoms with Crippen LogP contribution in [-0.4, -0.2) is 43.9 Å². The Labute approximate surface area is 138 Å². The number of hydrogen-bond donors (Lipinski definition) is 1. The Morgan fingerprint density at radius 1 is 1.04 bits per heavy atom. The zero-order chi connectivity index (χ0) is 16.9. The fourth-order valence-corrected chi connectivity index (χ4v) is 4.77. The van der Waals surface area contributed by atoms with E-state index < -0.39 is 14.7 Å². The van der Waals surface area contributed by atoms with Gasteiger partial charge in [-0.2, -0.15) is 0 Å². The summed E-state index contributed by atoms with van der Waals surface area (Å²) in [5.74, 6) is -0.143. The summed E-state index contributed by atoms with van der Waals surface area (Å²) in [6, 6.07) is -0.0502. The molecule has 2 saturated heterocycles. The number of ketones is 1. The molecule has 0 saturated carbocycles. The largest absolute Gasteiger partial charge is 0.466 e. The van der Waals surface area contributed by atoms with Crippen molar-refractivity contribution >= 4 is 21.6 Å². The van der Waals surface area contributed by atoms with Crippen LogP contribution in [0.4, 0.5) is 0 Å². The van der Waals surface area contributed by atoms with Gasteiger partial charge in [-0.25, -0.2) is 8.42 Å². The molecule has 0 aromatic heterocycles. The van der Waals surface area contributed by atoms with Crippen LogP contribution in [0.1, 0.15) is 64.2 Å². The Kier molecular flexibility index (Phi) is 6.19. The van der Waals surface area contributed by atoms with Crippen LogP contribution in [-0.2, 0) is 24.2 Å². The number of esters is 1. The molecule has 2 rings (SSSR count). The van der Waals surface area contributed by atoms with Crippen LogP contribution in [0.5, 0.6) is 0 Å². The zero-order valence-electron chi connectivity index (χ0n) is 13.8. The Balaban J connectivity index is 1.93. The summed E-state index contributed by atoms with van der Waals surface area (Å²) in [5.41, 5.74) is 0. The van der Waals surface area contributed by atoms with Crippen LogP contribution in [0.25, 0.3) is 0 Å². The number of hydrogen-bond acceptors (Lipinski definition) is 6. The molecule has 0 spiro atoms. The Bertz CT molecular complexity index is 545. The SMILES string of the molecule is CS(=O)(=O)C12CCOC(=O)CCCC(=O)CCCCCCC1N2. The minimum absolute atomic E-state index is 0.0502. The molecule has 0 aliphatic carbocycles. The lowest BCUT2D eigenvalue weighted by Gasteiger charge is -2.14. The molecule has 2 unspecified atom stereocenters. The van der Waals surface area contributed by atoms with E-state index in [1.165, 1.54) is 6.26 Å². The van der Waals surface area contributed by atoms with E-state index in [-0.39, 0.29) is 30.8 Å². The fourth-order valence-electron chi connectivity index (χ4n) is 3.32. The van der Waals surface area contributed by atoms with E-state index in [9.17, 15) is 18.0 Å². The molecular weight excluding hydrogens is 318 g/mol. The minimum atomic E-state index is -3.24.